The molecule has 504 valence electrons. The van der Waals surface area contributed by atoms with Crippen LogP contribution in [-0.2, 0) is 14.3 Å². The molecule has 7 unspecified atom stereocenters. The number of hydrogen-bond donors (Lipinski definition) is 6. The van der Waals surface area contributed by atoms with E-state index in [1.807, 2.05) is 6.08 Å². The van der Waals surface area contributed by atoms with E-state index >= 15 is 0 Å². The van der Waals surface area contributed by atoms with Crippen molar-refractivity contribution < 1.29 is 39.8 Å². The van der Waals surface area contributed by atoms with Gasteiger partial charge in [-0.3, -0.25) is 4.79 Å². The highest BCUT2D eigenvalue weighted by atomic mass is 16.7. The first-order valence-electron chi connectivity index (χ1n) is 37.0. The number of carbonyl (C=O) groups excluding carboxylic acids is 1. The Hall–Kier alpha value is -2.89. The SMILES string of the molecule is CC/C=C\C/C=C\C/C=C\C/C=C\C/C=C\C/C=C\CCCCCCCCCCCCCCCCC(=O)NC(COC1OC(CO)C(O)C(O)C1O)C(O)/C=C/CC/C=C/CCCCCCCCCCCCCCCCCCCCCCCCCCC. The van der Waals surface area contributed by atoms with E-state index in [-0.39, 0.29) is 12.5 Å². The monoisotopic (exact) mass is 1220 g/mol. The van der Waals surface area contributed by atoms with E-state index in [0.717, 1.165) is 77.0 Å². The van der Waals surface area contributed by atoms with Crippen LogP contribution in [0.15, 0.2) is 97.2 Å². The van der Waals surface area contributed by atoms with Gasteiger partial charge < -0.3 is 40.3 Å². The van der Waals surface area contributed by atoms with E-state index in [1.54, 1.807) is 6.08 Å². The number of nitrogens with one attached hydrogen (secondary N) is 1. The van der Waals surface area contributed by atoms with Crippen molar-refractivity contribution in [3.8, 4) is 0 Å². The van der Waals surface area contributed by atoms with Crippen molar-refractivity contribution >= 4 is 5.91 Å². The van der Waals surface area contributed by atoms with E-state index in [9.17, 15) is 30.3 Å². The lowest BCUT2D eigenvalue weighted by Gasteiger charge is -2.40. The Kier molecular flexibility index (Phi) is 62.3. The van der Waals surface area contributed by atoms with Crippen LogP contribution in [0, 0.1) is 0 Å². The third kappa shape index (κ3) is 54.6. The van der Waals surface area contributed by atoms with Crippen LogP contribution in [0.4, 0.5) is 0 Å². The molecule has 0 radical (unpaired) electrons. The lowest BCUT2D eigenvalue weighted by Crippen LogP contribution is -2.60. The van der Waals surface area contributed by atoms with Crippen LogP contribution in [0.25, 0.3) is 0 Å². The van der Waals surface area contributed by atoms with Crippen molar-refractivity contribution in [2.45, 2.75) is 378 Å². The van der Waals surface area contributed by atoms with Gasteiger partial charge in [-0.05, 0) is 83.5 Å². The first-order chi connectivity index (χ1) is 42.8. The van der Waals surface area contributed by atoms with Crippen molar-refractivity contribution in [1.29, 1.82) is 0 Å². The predicted octanol–water partition coefficient (Wildman–Crippen LogP) is 20.6. The van der Waals surface area contributed by atoms with Gasteiger partial charge >= 0.3 is 0 Å². The molecule has 0 aromatic heterocycles. The molecule has 9 nitrogen and oxygen atoms in total. The third-order valence-corrected chi connectivity index (χ3v) is 17.1. The predicted molar refractivity (Wildman–Crippen MR) is 373 cm³/mol. The van der Waals surface area contributed by atoms with Gasteiger partial charge in [-0.2, -0.15) is 0 Å². The number of carbonyl (C=O) groups is 1. The number of ether oxygens (including phenoxy) is 2. The molecule has 1 fully saturated rings. The minimum atomic E-state index is -1.58. The molecule has 0 aliphatic carbocycles. The summed E-state index contributed by atoms with van der Waals surface area (Å²) in [7, 11) is 0. The Bertz CT molecular complexity index is 1700. The quantitative estimate of drug-likeness (QED) is 0.0261. The van der Waals surface area contributed by atoms with Crippen molar-refractivity contribution in [1.82, 2.24) is 5.32 Å². The summed E-state index contributed by atoms with van der Waals surface area (Å²) in [4.78, 5) is 13.1. The summed E-state index contributed by atoms with van der Waals surface area (Å²) in [5.41, 5.74) is 0. The second kappa shape index (κ2) is 66.0. The number of aliphatic hydroxyl groups excluding tert-OH is 5. The fraction of sp³-hybridized carbons (Fsp3) is 0.782. The van der Waals surface area contributed by atoms with Gasteiger partial charge in [0.25, 0.3) is 0 Å². The van der Waals surface area contributed by atoms with Crippen LogP contribution in [0.2, 0.25) is 0 Å². The second-order valence-corrected chi connectivity index (χ2v) is 25.3. The first kappa shape index (κ1) is 82.1. The number of allylic oxidation sites excluding steroid dienone is 15. The first-order valence-corrected chi connectivity index (χ1v) is 37.0. The maximum atomic E-state index is 13.1. The molecule has 9 heteroatoms. The molecule has 7 atom stereocenters. The van der Waals surface area contributed by atoms with Crippen LogP contribution in [-0.4, -0.2) is 87.5 Å². The van der Waals surface area contributed by atoms with E-state index < -0.39 is 49.5 Å². The number of aliphatic hydroxyl groups is 5. The molecule has 0 aromatic carbocycles. The highest BCUT2D eigenvalue weighted by Crippen LogP contribution is 2.23. The van der Waals surface area contributed by atoms with Crippen molar-refractivity contribution in [2.75, 3.05) is 13.2 Å². The van der Waals surface area contributed by atoms with Gasteiger partial charge in [0.15, 0.2) is 6.29 Å². The van der Waals surface area contributed by atoms with Crippen LogP contribution in [0.3, 0.4) is 0 Å². The Morgan fingerprint density at radius 1 is 0.402 bits per heavy atom. The summed E-state index contributed by atoms with van der Waals surface area (Å²) in [5.74, 6) is -0.187. The number of unbranched alkanes of at least 4 members (excludes halogenated alkanes) is 40. The van der Waals surface area contributed by atoms with Gasteiger partial charge in [-0.1, -0.05) is 342 Å². The number of amides is 1. The maximum absolute atomic E-state index is 13.1. The summed E-state index contributed by atoms with van der Waals surface area (Å²) in [6.45, 7) is 3.69. The number of hydrogen-bond acceptors (Lipinski definition) is 8. The molecule has 0 bridgehead atoms. The molecule has 1 rings (SSSR count). The van der Waals surface area contributed by atoms with Crippen molar-refractivity contribution in [2.24, 2.45) is 0 Å². The van der Waals surface area contributed by atoms with Gasteiger partial charge in [0.05, 0.1) is 25.4 Å². The molecule has 0 saturated carbocycles. The van der Waals surface area contributed by atoms with Crippen LogP contribution in [0.1, 0.15) is 335 Å². The lowest BCUT2D eigenvalue weighted by atomic mass is 9.99. The van der Waals surface area contributed by atoms with Gasteiger partial charge in [0, 0.05) is 6.42 Å². The zero-order chi connectivity index (χ0) is 62.8. The topological polar surface area (TPSA) is 149 Å². The van der Waals surface area contributed by atoms with Gasteiger partial charge in [0.2, 0.25) is 5.91 Å². The fourth-order valence-electron chi connectivity index (χ4n) is 11.4. The average Bonchev–Trinajstić information content (AvgIpc) is 3.38. The molecule has 1 heterocycles. The van der Waals surface area contributed by atoms with Crippen molar-refractivity contribution in [3.05, 3.63) is 97.2 Å². The lowest BCUT2D eigenvalue weighted by molar-refractivity contribution is -0.302. The maximum Gasteiger partial charge on any atom is 0.220 e. The smallest absolute Gasteiger partial charge is 0.220 e. The third-order valence-electron chi connectivity index (χ3n) is 17.1. The molecule has 6 N–H and O–H groups in total. The summed E-state index contributed by atoms with van der Waals surface area (Å²) in [6.07, 6.45) is 89.6. The summed E-state index contributed by atoms with van der Waals surface area (Å²) in [6, 6.07) is -0.829. The van der Waals surface area contributed by atoms with Crippen LogP contribution >= 0.6 is 0 Å². The van der Waals surface area contributed by atoms with Gasteiger partial charge in [0.1, 0.15) is 24.4 Å². The minimum absolute atomic E-state index is 0.187. The summed E-state index contributed by atoms with van der Waals surface area (Å²) < 4.78 is 11.3. The Balaban J connectivity index is 2.14. The molecule has 1 amide bonds. The summed E-state index contributed by atoms with van der Waals surface area (Å²) in [5, 5.41) is 54.8. The van der Waals surface area contributed by atoms with E-state index in [1.165, 1.54) is 238 Å². The minimum Gasteiger partial charge on any atom is -0.394 e. The standard InChI is InChI=1S/C78H139NO8/c1-3-5-7-9-11-13-15-17-19-21-23-25-27-29-31-33-35-36-38-40-42-44-46-48-50-52-54-56-58-60-62-64-66-68-74(82)79-71(70-86-78-77(85)76(84)75(83)73(69-80)87-78)72(81)67-65-63-61-59-57-55-53-51-49-47-45-43-41-39-37-34-32-30-28-26-24-22-20-18-16-14-12-10-8-6-4-2/h5,7,11,13,17,19,23,25,29,31,35-36,57,59,65,67,71-73,75-78,80-81,83-85H,3-4,6,8-10,12,14-16,18,20-22,24,26-28,30,32-34,37-56,58,60-64,66,68-70H2,1-2H3,(H,79,82)/b7-5-,13-11-,19-17-,25-23-,31-29-,36-35-,59-57+,67-65+. The normalized spacial score (nSPS) is 18.5. The van der Waals surface area contributed by atoms with Gasteiger partial charge in [-0.25, -0.2) is 0 Å². The largest absolute Gasteiger partial charge is 0.394 e. The summed E-state index contributed by atoms with van der Waals surface area (Å²) >= 11 is 0. The number of rotatable bonds is 64. The van der Waals surface area contributed by atoms with E-state index in [4.69, 9.17) is 9.47 Å². The average molecular weight is 1220 g/mol. The highest BCUT2D eigenvalue weighted by molar-refractivity contribution is 5.76. The molecular formula is C78H139NO8. The molecule has 1 aliphatic rings. The second-order valence-electron chi connectivity index (χ2n) is 25.3. The van der Waals surface area contributed by atoms with Crippen LogP contribution < -0.4 is 5.32 Å². The molecule has 1 aliphatic heterocycles. The Morgan fingerprint density at radius 3 is 1.10 bits per heavy atom. The molecule has 87 heavy (non-hydrogen) atoms. The molecule has 0 aromatic rings. The molecule has 1 saturated heterocycles. The van der Waals surface area contributed by atoms with Crippen LogP contribution in [0.5, 0.6) is 0 Å². The molecular weight excluding hydrogens is 1080 g/mol. The zero-order valence-electron chi connectivity index (χ0n) is 56.5. The van der Waals surface area contributed by atoms with E-state index in [2.05, 4.69) is 104 Å². The fourth-order valence-corrected chi connectivity index (χ4v) is 11.4. The Morgan fingerprint density at radius 2 is 0.724 bits per heavy atom. The molecule has 0 spiro atoms. The zero-order valence-corrected chi connectivity index (χ0v) is 56.5. The highest BCUT2D eigenvalue weighted by Gasteiger charge is 2.44. The van der Waals surface area contributed by atoms with Gasteiger partial charge in [-0.15, -0.1) is 0 Å². The van der Waals surface area contributed by atoms with Crippen molar-refractivity contribution in [3.63, 3.8) is 0 Å². The van der Waals surface area contributed by atoms with E-state index in [0.29, 0.717) is 6.42 Å². The Labute approximate surface area is 536 Å².